The van der Waals surface area contributed by atoms with Gasteiger partial charge in [-0.3, -0.25) is 0 Å². The van der Waals surface area contributed by atoms with Gasteiger partial charge in [0.05, 0.1) is 0 Å². The molecule has 1 atom stereocenters. The van der Waals surface area contributed by atoms with Crippen LogP contribution in [0.25, 0.3) is 110 Å². The summed E-state index contributed by atoms with van der Waals surface area (Å²) in [5, 5.41) is 22.1. The van der Waals surface area contributed by atoms with Gasteiger partial charge >= 0.3 is 0 Å². The predicted molar refractivity (Wildman–Crippen MR) is 335 cm³/mol. The molecule has 1 unspecified atom stereocenters. The molecule has 0 nitrogen and oxygen atoms in total. The number of hydrogen-bond donors (Lipinski definition) is 0. The van der Waals surface area contributed by atoms with Gasteiger partial charge in [0.25, 0.3) is 0 Å². The van der Waals surface area contributed by atoms with E-state index < -0.39 is 16.1 Å². The molecule has 0 radical (unpaired) electrons. The Bertz CT molecular complexity index is 4500. The fourth-order valence-electron chi connectivity index (χ4n) is 14.0. The lowest BCUT2D eigenvalue weighted by Crippen LogP contribution is -2.53. The summed E-state index contributed by atoms with van der Waals surface area (Å²) in [5.74, 6) is 0.280. The molecule has 2 heteroatoms. The minimum Gasteiger partial charge on any atom is -0.0753 e. The van der Waals surface area contributed by atoms with E-state index in [9.17, 15) is 0 Å². The van der Waals surface area contributed by atoms with Crippen molar-refractivity contribution in [3.8, 4) is 33.4 Å². The number of benzene rings is 13. The summed E-state index contributed by atoms with van der Waals surface area (Å²) in [6.45, 7) is 10.2. The van der Waals surface area contributed by atoms with Crippen molar-refractivity contribution in [2.24, 2.45) is 0 Å². The lowest BCUT2D eigenvalue weighted by atomic mass is 9.75. The van der Waals surface area contributed by atoms with Crippen molar-refractivity contribution >= 4 is 113 Å². The van der Waals surface area contributed by atoms with Gasteiger partial charge in [0.1, 0.15) is 16.1 Å². The van der Waals surface area contributed by atoms with Crippen molar-refractivity contribution < 1.29 is 0 Å². The summed E-state index contributed by atoms with van der Waals surface area (Å²) in [6, 6.07) is 88.1. The van der Waals surface area contributed by atoms with Crippen LogP contribution < -0.4 is 20.7 Å². The molecule has 0 saturated carbocycles. The van der Waals surface area contributed by atoms with Gasteiger partial charge in [-0.25, -0.2) is 0 Å². The largest absolute Gasteiger partial charge is 0.113 e. The third-order valence-corrected chi connectivity index (χ3v) is 25.0. The summed E-state index contributed by atoms with van der Waals surface area (Å²) in [4.78, 5) is 0. The molecule has 0 N–H and O–H groups in total. The van der Waals surface area contributed by atoms with Crippen molar-refractivity contribution in [1.82, 2.24) is 0 Å². The molecule has 0 heterocycles. The van der Waals surface area contributed by atoms with Crippen molar-refractivity contribution in [3.63, 3.8) is 0 Å². The highest BCUT2D eigenvalue weighted by atomic mass is 28.3. The maximum absolute atomic E-state index is 2.55. The van der Waals surface area contributed by atoms with Crippen LogP contribution in [0.2, 0.25) is 26.2 Å². The molecule has 76 heavy (non-hydrogen) atoms. The highest BCUT2D eigenvalue weighted by Gasteiger charge is 2.34. The second kappa shape index (κ2) is 17.1. The molecule has 2 aliphatic rings. The molecular weight excluding hydrogens is 945 g/mol. The first kappa shape index (κ1) is 45.0. The van der Waals surface area contributed by atoms with E-state index in [2.05, 4.69) is 275 Å². The molecule has 0 fully saturated rings. The first-order chi connectivity index (χ1) is 37.2. The Labute approximate surface area is 447 Å². The van der Waals surface area contributed by atoms with E-state index in [4.69, 9.17) is 0 Å². The van der Waals surface area contributed by atoms with E-state index in [0.29, 0.717) is 0 Å². The second-order valence-electron chi connectivity index (χ2n) is 22.6. The van der Waals surface area contributed by atoms with Crippen LogP contribution >= 0.6 is 0 Å². The van der Waals surface area contributed by atoms with E-state index in [1.54, 1.807) is 0 Å². The zero-order chi connectivity index (χ0) is 50.9. The average Bonchev–Trinajstić information content (AvgIpc) is 3.47. The Hall–Kier alpha value is -8.41. The fraction of sp³-hybridized carbons (Fsp3) is 0.0811. The minimum absolute atomic E-state index is 0.280. The number of hydrogen-bond acceptors (Lipinski definition) is 0. The highest BCUT2D eigenvalue weighted by molar-refractivity contribution is 7.02. The van der Waals surface area contributed by atoms with Gasteiger partial charge in [-0.2, -0.15) is 0 Å². The highest BCUT2D eigenvalue weighted by Crippen LogP contribution is 2.48. The van der Waals surface area contributed by atoms with Crippen LogP contribution in [0.3, 0.4) is 0 Å². The minimum atomic E-state index is -2.22. The number of fused-ring (bicyclic) bond motifs is 2. The molecule has 360 valence electrons. The summed E-state index contributed by atoms with van der Waals surface area (Å²) in [6.07, 6.45) is 8.24. The number of rotatable bonds is 8. The second-order valence-corrected chi connectivity index (χ2v) is 31.3. The Kier molecular flexibility index (Phi) is 10.1. The third-order valence-electron chi connectivity index (χ3n) is 17.9. The van der Waals surface area contributed by atoms with Crippen LogP contribution in [0.15, 0.2) is 243 Å². The zero-order valence-electron chi connectivity index (χ0n) is 43.5. The van der Waals surface area contributed by atoms with E-state index >= 15 is 0 Å². The number of allylic oxidation sites excluding steroid dienone is 3. The van der Waals surface area contributed by atoms with Crippen molar-refractivity contribution in [1.29, 1.82) is 0 Å². The van der Waals surface area contributed by atoms with Crippen molar-refractivity contribution in [2.75, 3.05) is 0 Å². The van der Waals surface area contributed by atoms with Gasteiger partial charge in [-0.15, -0.1) is 0 Å². The van der Waals surface area contributed by atoms with Crippen LogP contribution in [0.5, 0.6) is 0 Å². The van der Waals surface area contributed by atoms with Crippen molar-refractivity contribution in [2.45, 2.75) is 38.5 Å². The Morgan fingerprint density at radius 3 is 1.50 bits per heavy atom. The average molecular weight is 1000 g/mol. The molecular formula is C74H56Si2. The molecule has 0 bridgehead atoms. The molecule has 0 aromatic heterocycles. The quantitative estimate of drug-likeness (QED) is 0.0808. The lowest BCUT2D eigenvalue weighted by Gasteiger charge is -2.32. The molecule has 0 saturated heterocycles. The summed E-state index contributed by atoms with van der Waals surface area (Å²) >= 11 is 0. The molecule has 13 aromatic carbocycles. The van der Waals surface area contributed by atoms with Crippen LogP contribution in [0.4, 0.5) is 0 Å². The predicted octanol–water partition coefficient (Wildman–Crippen LogP) is 17.4. The molecule has 0 aliphatic heterocycles. The van der Waals surface area contributed by atoms with E-state index in [1.165, 1.54) is 147 Å². The van der Waals surface area contributed by atoms with E-state index in [0.717, 1.165) is 6.42 Å². The SMILES string of the molecule is C[Si](C)(c1ccc(-c2c3ccccc3c(-c3ccc([Si](C)(C)c4cc5cccc6c(-c7ccccc7)cc7cccc4c7c56)cc3)c3ccccc23)cc1)c1ccc2c3c4c(ccc13)C=CC(c1ccccc1)C4=CC2. The van der Waals surface area contributed by atoms with Crippen molar-refractivity contribution in [3.05, 3.63) is 265 Å². The molecule has 0 amide bonds. The zero-order valence-corrected chi connectivity index (χ0v) is 45.5. The van der Waals surface area contributed by atoms with Gasteiger partial charge in [0.2, 0.25) is 0 Å². The van der Waals surface area contributed by atoms with Crippen LogP contribution in [0.1, 0.15) is 28.2 Å². The molecule has 2 aliphatic carbocycles. The van der Waals surface area contributed by atoms with Gasteiger partial charge in [0, 0.05) is 5.92 Å². The van der Waals surface area contributed by atoms with E-state index in [1.807, 2.05) is 0 Å². The summed E-state index contributed by atoms with van der Waals surface area (Å²) in [7, 11) is -4.39. The normalized spacial score (nSPS) is 14.4. The first-order valence-electron chi connectivity index (χ1n) is 27.2. The van der Waals surface area contributed by atoms with Gasteiger partial charge in [-0.05, 0) is 149 Å². The topological polar surface area (TPSA) is 0 Å². The Balaban J connectivity index is 0.795. The Morgan fingerprint density at radius 1 is 0.368 bits per heavy atom. The van der Waals surface area contributed by atoms with Gasteiger partial charge < -0.3 is 0 Å². The third kappa shape index (κ3) is 6.73. The first-order valence-corrected chi connectivity index (χ1v) is 33.2. The lowest BCUT2D eigenvalue weighted by molar-refractivity contribution is 1.08. The smallest absolute Gasteiger partial charge is 0.0753 e. The maximum Gasteiger partial charge on any atom is 0.113 e. The van der Waals surface area contributed by atoms with Crippen LogP contribution in [-0.4, -0.2) is 16.1 Å². The monoisotopic (exact) mass is 1000 g/mol. The molecule has 15 rings (SSSR count). The van der Waals surface area contributed by atoms with Gasteiger partial charge in [0.15, 0.2) is 0 Å². The van der Waals surface area contributed by atoms with Crippen LogP contribution in [-0.2, 0) is 6.42 Å². The summed E-state index contributed by atoms with van der Waals surface area (Å²) < 4.78 is 0. The Morgan fingerprint density at radius 2 is 0.882 bits per heavy atom. The summed E-state index contributed by atoms with van der Waals surface area (Å²) in [5.41, 5.74) is 14.7. The fourth-order valence-corrected chi connectivity index (χ4v) is 19.4. The maximum atomic E-state index is 2.55. The van der Waals surface area contributed by atoms with E-state index in [-0.39, 0.29) is 5.92 Å². The standard InChI is InChI=1S/C74H56Si2/c1-75(2,67-44-36-52-34-42-63-57(47-17-7-5-8-18-47)41-33-51-35-43-65(67)72(52)71(51)63)55-37-29-49(30-38-55)69-58-23-11-13-25-60(58)70(61-26-14-12-24-59(61)69)50-31-39-56(40-32-50)76(3,4)68-46-54-22-15-27-62-66(48-19-9-6-10-20-48)45-53-21-16-28-64(68)74(53)73(54)62/h5-33,35-46,57H,34H2,1-4H3. The molecule has 0 spiro atoms. The molecule has 13 aromatic rings. The van der Waals surface area contributed by atoms with Crippen LogP contribution in [0, 0.1) is 0 Å². The van der Waals surface area contributed by atoms with Gasteiger partial charge in [-0.1, -0.05) is 279 Å².